The third kappa shape index (κ3) is 2.48. The smallest absolute Gasteiger partial charge is 0.00694 e. The largest absolute Gasteiger partial charge is 0.316 e. The van der Waals surface area contributed by atoms with Crippen LogP contribution in [-0.2, 0) is 0 Å². The maximum absolute atomic E-state index is 3.35. The molecule has 0 aromatic carbocycles. The highest BCUT2D eigenvalue weighted by atomic mass is 15.2. The second-order valence-electron chi connectivity index (χ2n) is 5.33. The van der Waals surface area contributed by atoms with Gasteiger partial charge in [-0.3, -0.25) is 0 Å². The predicted octanol–water partition coefficient (Wildman–Crippen LogP) is 1.72. The van der Waals surface area contributed by atoms with Gasteiger partial charge >= 0.3 is 0 Å². The van der Waals surface area contributed by atoms with Crippen LogP contribution in [0.5, 0.6) is 0 Å². The highest BCUT2D eigenvalue weighted by molar-refractivity contribution is 4.80. The summed E-state index contributed by atoms with van der Waals surface area (Å²) in [6.45, 7) is 9.98. The molecule has 2 fully saturated rings. The lowest BCUT2D eigenvalue weighted by molar-refractivity contribution is 0.116. The molecular weight excluding hydrogens is 172 g/mol. The molecule has 2 nitrogen and oxygen atoms in total. The number of nitrogens with one attached hydrogen (secondary N) is 1. The zero-order valence-corrected chi connectivity index (χ0v) is 9.63. The molecule has 14 heavy (non-hydrogen) atoms. The van der Waals surface area contributed by atoms with E-state index in [-0.39, 0.29) is 0 Å². The van der Waals surface area contributed by atoms with E-state index >= 15 is 0 Å². The van der Waals surface area contributed by atoms with Gasteiger partial charge in [-0.2, -0.15) is 0 Å². The zero-order chi connectivity index (χ0) is 9.97. The van der Waals surface area contributed by atoms with Gasteiger partial charge in [0.05, 0.1) is 0 Å². The van der Waals surface area contributed by atoms with Crippen LogP contribution >= 0.6 is 0 Å². The van der Waals surface area contributed by atoms with Crippen LogP contribution in [0.3, 0.4) is 0 Å². The van der Waals surface area contributed by atoms with Gasteiger partial charge in [0.1, 0.15) is 0 Å². The summed E-state index contributed by atoms with van der Waals surface area (Å²) < 4.78 is 0. The van der Waals surface area contributed by atoms with Crippen molar-refractivity contribution < 1.29 is 0 Å². The minimum atomic E-state index is 0.826. The van der Waals surface area contributed by atoms with Gasteiger partial charge in [-0.1, -0.05) is 6.92 Å². The van der Waals surface area contributed by atoms with Crippen LogP contribution in [0.2, 0.25) is 0 Å². The first kappa shape index (κ1) is 10.4. The highest BCUT2D eigenvalue weighted by Gasteiger charge is 2.24. The predicted molar refractivity (Wildman–Crippen MR) is 60.4 cm³/mol. The van der Waals surface area contributed by atoms with Gasteiger partial charge in [-0.05, 0) is 64.2 Å². The first-order chi connectivity index (χ1) is 6.75. The van der Waals surface area contributed by atoms with Gasteiger partial charge in [0.25, 0.3) is 0 Å². The van der Waals surface area contributed by atoms with E-state index < -0.39 is 0 Å². The van der Waals surface area contributed by atoms with E-state index in [1.165, 1.54) is 45.4 Å². The Bertz CT molecular complexity index is 177. The van der Waals surface area contributed by atoms with Crippen LogP contribution in [0.1, 0.15) is 33.1 Å². The Labute approximate surface area is 88.1 Å². The van der Waals surface area contributed by atoms with E-state index in [2.05, 4.69) is 24.1 Å². The molecule has 0 spiro atoms. The maximum atomic E-state index is 3.35. The van der Waals surface area contributed by atoms with Crippen molar-refractivity contribution in [3.05, 3.63) is 0 Å². The molecule has 0 bridgehead atoms. The normalized spacial score (nSPS) is 35.6. The molecule has 82 valence electrons. The fourth-order valence-corrected chi connectivity index (χ4v) is 2.69. The summed E-state index contributed by atoms with van der Waals surface area (Å²) >= 11 is 0. The summed E-state index contributed by atoms with van der Waals surface area (Å²) in [5.41, 5.74) is 0. The van der Waals surface area contributed by atoms with E-state index in [9.17, 15) is 0 Å². The van der Waals surface area contributed by atoms with Gasteiger partial charge in [-0.25, -0.2) is 0 Å². The van der Waals surface area contributed by atoms with Gasteiger partial charge in [-0.15, -0.1) is 0 Å². The van der Waals surface area contributed by atoms with E-state index in [0.717, 1.165) is 17.9 Å². The minimum absolute atomic E-state index is 0.826. The fourth-order valence-electron chi connectivity index (χ4n) is 2.69. The molecule has 2 rings (SSSR count). The number of hydrogen-bond donors (Lipinski definition) is 1. The molecule has 2 aliphatic rings. The van der Waals surface area contributed by atoms with Crippen molar-refractivity contribution in [2.24, 2.45) is 11.8 Å². The molecule has 2 heterocycles. The number of rotatable bonds is 3. The second-order valence-corrected chi connectivity index (χ2v) is 5.33. The monoisotopic (exact) mass is 196 g/mol. The van der Waals surface area contributed by atoms with Gasteiger partial charge < -0.3 is 10.2 Å². The Morgan fingerprint density at radius 1 is 1.29 bits per heavy atom. The Balaban J connectivity index is 1.68. The first-order valence-corrected chi connectivity index (χ1v) is 6.20. The van der Waals surface area contributed by atoms with Crippen molar-refractivity contribution >= 4 is 0 Å². The van der Waals surface area contributed by atoms with Crippen LogP contribution in [0.4, 0.5) is 0 Å². The molecule has 2 aliphatic heterocycles. The third-order valence-corrected chi connectivity index (χ3v) is 3.97. The lowest BCUT2D eigenvalue weighted by Crippen LogP contribution is -2.46. The van der Waals surface area contributed by atoms with Gasteiger partial charge in [0, 0.05) is 6.04 Å². The summed E-state index contributed by atoms with van der Waals surface area (Å²) in [4.78, 5) is 2.69. The molecule has 0 aromatic heterocycles. The number of nitrogens with zero attached hydrogens (tertiary/aromatic N) is 1. The summed E-state index contributed by atoms with van der Waals surface area (Å²) in [6.07, 6.45) is 4.22. The average Bonchev–Trinajstić information content (AvgIpc) is 2.05. The molecule has 2 unspecified atom stereocenters. The summed E-state index contributed by atoms with van der Waals surface area (Å²) in [6, 6.07) is 0.826. The maximum Gasteiger partial charge on any atom is 0.00694 e. The van der Waals surface area contributed by atoms with Crippen LogP contribution in [0, 0.1) is 11.8 Å². The van der Waals surface area contributed by atoms with Crippen LogP contribution in [0.15, 0.2) is 0 Å². The van der Waals surface area contributed by atoms with E-state index in [1.54, 1.807) is 0 Å². The van der Waals surface area contributed by atoms with Crippen molar-refractivity contribution in [3.8, 4) is 0 Å². The molecule has 2 atom stereocenters. The van der Waals surface area contributed by atoms with Gasteiger partial charge in [0.15, 0.2) is 0 Å². The van der Waals surface area contributed by atoms with Gasteiger partial charge in [0.2, 0.25) is 0 Å². The highest BCUT2D eigenvalue weighted by Crippen LogP contribution is 2.23. The van der Waals surface area contributed by atoms with Crippen molar-refractivity contribution in [1.82, 2.24) is 10.2 Å². The summed E-state index contributed by atoms with van der Waals surface area (Å²) in [7, 11) is 0. The molecular formula is C12H24N2. The molecule has 2 heteroatoms. The molecule has 0 radical (unpaired) electrons. The zero-order valence-electron chi connectivity index (χ0n) is 9.63. The standard InChI is InChI=1S/C12H24N2/c1-10-3-5-14(11(2)7-10)6-4-12-8-13-9-12/h10-13H,3-9H2,1-2H3. The van der Waals surface area contributed by atoms with E-state index in [4.69, 9.17) is 0 Å². The lowest BCUT2D eigenvalue weighted by Gasteiger charge is -2.38. The number of likely N-dealkylation sites (tertiary alicyclic amines) is 1. The molecule has 0 aliphatic carbocycles. The first-order valence-electron chi connectivity index (χ1n) is 6.20. The Kier molecular flexibility index (Phi) is 3.45. The second kappa shape index (κ2) is 4.63. The summed E-state index contributed by atoms with van der Waals surface area (Å²) in [5, 5.41) is 3.35. The average molecular weight is 196 g/mol. The SMILES string of the molecule is CC1CCN(CCC2CNC2)C(C)C1. The van der Waals surface area contributed by atoms with Crippen molar-refractivity contribution in [1.29, 1.82) is 0 Å². The van der Waals surface area contributed by atoms with Crippen molar-refractivity contribution in [2.75, 3.05) is 26.2 Å². The minimum Gasteiger partial charge on any atom is -0.316 e. The van der Waals surface area contributed by atoms with Crippen LogP contribution < -0.4 is 5.32 Å². The molecule has 0 saturated carbocycles. The Hall–Kier alpha value is -0.0800. The molecule has 0 aromatic rings. The Morgan fingerprint density at radius 2 is 2.07 bits per heavy atom. The van der Waals surface area contributed by atoms with Crippen molar-refractivity contribution in [3.63, 3.8) is 0 Å². The van der Waals surface area contributed by atoms with Crippen molar-refractivity contribution in [2.45, 2.75) is 39.2 Å². The topological polar surface area (TPSA) is 15.3 Å². The quantitative estimate of drug-likeness (QED) is 0.739. The molecule has 2 saturated heterocycles. The molecule has 1 N–H and O–H groups in total. The molecule has 0 amide bonds. The van der Waals surface area contributed by atoms with E-state index in [0.29, 0.717) is 0 Å². The third-order valence-electron chi connectivity index (χ3n) is 3.97. The number of hydrogen-bond acceptors (Lipinski definition) is 2. The number of piperidine rings is 1. The fraction of sp³-hybridized carbons (Fsp3) is 1.00. The van der Waals surface area contributed by atoms with E-state index in [1.807, 2.05) is 0 Å². The lowest BCUT2D eigenvalue weighted by atomic mass is 9.92. The Morgan fingerprint density at radius 3 is 2.64 bits per heavy atom. The summed E-state index contributed by atoms with van der Waals surface area (Å²) in [5.74, 6) is 1.92. The van der Waals surface area contributed by atoms with Crippen LogP contribution in [0.25, 0.3) is 0 Å². The van der Waals surface area contributed by atoms with Crippen LogP contribution in [-0.4, -0.2) is 37.1 Å².